The first kappa shape index (κ1) is 14.9. The van der Waals surface area contributed by atoms with Crippen LogP contribution in [0.25, 0.3) is 0 Å². The number of anilines is 1. The van der Waals surface area contributed by atoms with Gasteiger partial charge in [-0.05, 0) is 45.2 Å². The average Bonchev–Trinajstić information content (AvgIpc) is 2.38. The summed E-state index contributed by atoms with van der Waals surface area (Å²) in [6.45, 7) is 7.54. The number of primary amides is 1. The van der Waals surface area contributed by atoms with Crippen LogP contribution in [0.4, 0.5) is 5.69 Å². The van der Waals surface area contributed by atoms with Crippen LogP contribution in [0.5, 0.6) is 0 Å². The number of para-hydroxylation sites is 1. The average molecular weight is 275 g/mol. The Bertz CT molecular complexity index is 486. The number of nitrogens with zero attached hydrogens (tertiary/aromatic N) is 1. The third-order valence-electron chi connectivity index (χ3n) is 3.86. The number of rotatable bonds is 5. The van der Waals surface area contributed by atoms with Gasteiger partial charge in [-0.1, -0.05) is 18.2 Å². The summed E-state index contributed by atoms with van der Waals surface area (Å²) in [5, 5.41) is 3.32. The Labute approximate surface area is 121 Å². The molecule has 0 fully saturated rings. The van der Waals surface area contributed by atoms with Gasteiger partial charge in [-0.25, -0.2) is 0 Å². The molecule has 1 heterocycles. The normalized spacial score (nSPS) is 17.7. The van der Waals surface area contributed by atoms with Crippen LogP contribution < -0.4 is 16.0 Å². The Balaban J connectivity index is 2.22. The van der Waals surface area contributed by atoms with Crippen molar-refractivity contribution in [3.05, 3.63) is 29.8 Å². The molecule has 0 aliphatic carbocycles. The van der Waals surface area contributed by atoms with Gasteiger partial charge in [0.25, 0.3) is 0 Å². The first-order valence-corrected chi connectivity index (χ1v) is 7.33. The fourth-order valence-electron chi connectivity index (χ4n) is 2.99. The molecule has 0 spiro atoms. The van der Waals surface area contributed by atoms with Crippen LogP contribution in [0, 0.1) is 0 Å². The Hall–Kier alpha value is -1.55. The van der Waals surface area contributed by atoms with E-state index in [0.29, 0.717) is 6.54 Å². The molecule has 4 heteroatoms. The van der Waals surface area contributed by atoms with Gasteiger partial charge < -0.3 is 10.6 Å². The summed E-state index contributed by atoms with van der Waals surface area (Å²) in [7, 11) is 0. The summed E-state index contributed by atoms with van der Waals surface area (Å²) in [4.78, 5) is 14.2. The molecule has 110 valence electrons. The predicted octanol–water partition coefficient (Wildman–Crippen LogP) is 1.68. The van der Waals surface area contributed by atoms with E-state index in [4.69, 9.17) is 5.73 Å². The molecule has 0 bridgehead atoms. The number of nitrogens with two attached hydrogens (primary N) is 1. The summed E-state index contributed by atoms with van der Waals surface area (Å²) < 4.78 is 0. The number of benzene rings is 1. The largest absolute Gasteiger partial charge is 0.369 e. The highest BCUT2D eigenvalue weighted by Crippen LogP contribution is 2.28. The number of carbonyl (C=O) groups excluding carboxylic acids is 1. The first-order chi connectivity index (χ1) is 9.42. The van der Waals surface area contributed by atoms with Crippen LogP contribution in [0.15, 0.2) is 24.3 Å². The number of nitrogens with one attached hydrogen (secondary N) is 1. The third kappa shape index (κ3) is 3.12. The molecule has 3 N–H and O–H groups in total. The number of amides is 1. The number of fused-ring (bicyclic) bond motifs is 1. The van der Waals surface area contributed by atoms with Crippen molar-refractivity contribution in [3.63, 3.8) is 0 Å². The van der Waals surface area contributed by atoms with Crippen LogP contribution in [-0.4, -0.2) is 30.6 Å². The molecule has 20 heavy (non-hydrogen) atoms. The van der Waals surface area contributed by atoms with E-state index in [-0.39, 0.29) is 11.9 Å². The minimum absolute atomic E-state index is 0.215. The van der Waals surface area contributed by atoms with E-state index in [1.54, 1.807) is 0 Å². The highest BCUT2D eigenvalue weighted by atomic mass is 16.1. The smallest absolute Gasteiger partial charge is 0.239 e. The number of hydrogen-bond donors (Lipinski definition) is 2. The topological polar surface area (TPSA) is 58.4 Å². The molecule has 0 saturated carbocycles. The van der Waals surface area contributed by atoms with Gasteiger partial charge >= 0.3 is 0 Å². The minimum atomic E-state index is -0.710. The number of carbonyl (C=O) groups is 1. The Morgan fingerprint density at radius 2 is 2.15 bits per heavy atom. The highest BCUT2D eigenvalue weighted by molar-refractivity contribution is 5.85. The van der Waals surface area contributed by atoms with Crippen molar-refractivity contribution in [1.82, 2.24) is 5.32 Å². The van der Waals surface area contributed by atoms with Crippen LogP contribution in [0.1, 0.15) is 32.8 Å². The predicted molar refractivity (Wildman–Crippen MR) is 82.8 cm³/mol. The molecule has 0 saturated heterocycles. The van der Waals surface area contributed by atoms with Crippen molar-refractivity contribution in [3.8, 4) is 0 Å². The van der Waals surface area contributed by atoms with Gasteiger partial charge in [-0.2, -0.15) is 0 Å². The fraction of sp³-hybridized carbons (Fsp3) is 0.562. The summed E-state index contributed by atoms with van der Waals surface area (Å²) in [6.07, 6.45) is 2.23. The van der Waals surface area contributed by atoms with Gasteiger partial charge in [-0.3, -0.25) is 10.1 Å². The van der Waals surface area contributed by atoms with Gasteiger partial charge in [0.05, 0.1) is 0 Å². The zero-order chi connectivity index (χ0) is 14.8. The lowest BCUT2D eigenvalue weighted by molar-refractivity contribution is -0.123. The van der Waals surface area contributed by atoms with Crippen molar-refractivity contribution >= 4 is 11.6 Å². The van der Waals surface area contributed by atoms with E-state index in [1.807, 2.05) is 20.8 Å². The summed E-state index contributed by atoms with van der Waals surface area (Å²) in [6, 6.07) is 8.63. The third-order valence-corrected chi connectivity index (χ3v) is 3.86. The number of aryl methyl sites for hydroxylation is 1. The lowest BCUT2D eigenvalue weighted by Crippen LogP contribution is -2.61. The van der Waals surface area contributed by atoms with Gasteiger partial charge in [-0.15, -0.1) is 0 Å². The monoisotopic (exact) mass is 275 g/mol. The molecule has 0 radical (unpaired) electrons. The quantitative estimate of drug-likeness (QED) is 0.859. The van der Waals surface area contributed by atoms with Crippen LogP contribution in [-0.2, 0) is 11.2 Å². The van der Waals surface area contributed by atoms with E-state index < -0.39 is 5.54 Å². The molecule has 2 rings (SSSR count). The van der Waals surface area contributed by atoms with E-state index in [9.17, 15) is 4.79 Å². The van der Waals surface area contributed by atoms with E-state index >= 15 is 0 Å². The van der Waals surface area contributed by atoms with Crippen molar-refractivity contribution < 1.29 is 4.79 Å². The van der Waals surface area contributed by atoms with Crippen molar-refractivity contribution in [2.24, 2.45) is 5.73 Å². The van der Waals surface area contributed by atoms with E-state index in [2.05, 4.69) is 34.5 Å². The Kier molecular flexibility index (Phi) is 4.33. The molecule has 1 atom stereocenters. The molecule has 4 nitrogen and oxygen atoms in total. The van der Waals surface area contributed by atoms with Crippen molar-refractivity contribution in [2.45, 2.75) is 45.2 Å². The van der Waals surface area contributed by atoms with Gasteiger partial charge in [0.2, 0.25) is 5.91 Å². The molecule has 1 aromatic carbocycles. The van der Waals surface area contributed by atoms with E-state index in [1.165, 1.54) is 11.3 Å². The SMILES string of the molecule is CC(C)NC(C)(CN1CCCc2ccccc21)C(N)=O. The Morgan fingerprint density at radius 3 is 2.80 bits per heavy atom. The van der Waals surface area contributed by atoms with Gasteiger partial charge in [0.15, 0.2) is 0 Å². The Morgan fingerprint density at radius 1 is 1.45 bits per heavy atom. The van der Waals surface area contributed by atoms with Gasteiger partial charge in [0.1, 0.15) is 5.54 Å². The maximum Gasteiger partial charge on any atom is 0.239 e. The van der Waals surface area contributed by atoms with E-state index in [0.717, 1.165) is 19.4 Å². The second-order valence-corrected chi connectivity index (χ2v) is 6.15. The van der Waals surface area contributed by atoms with Crippen molar-refractivity contribution in [2.75, 3.05) is 18.0 Å². The molecular formula is C16H25N3O. The standard InChI is InChI=1S/C16H25N3O/c1-12(2)18-16(3,15(17)20)11-19-10-6-8-13-7-4-5-9-14(13)19/h4-5,7,9,12,18H,6,8,10-11H2,1-3H3,(H2,17,20). The number of hydrogen-bond acceptors (Lipinski definition) is 3. The lowest BCUT2D eigenvalue weighted by Gasteiger charge is -2.39. The molecule has 1 aliphatic heterocycles. The second kappa shape index (κ2) is 5.83. The maximum absolute atomic E-state index is 11.9. The molecule has 1 aliphatic rings. The summed E-state index contributed by atoms with van der Waals surface area (Å²) in [5.74, 6) is -0.297. The zero-order valence-electron chi connectivity index (χ0n) is 12.6. The molecule has 1 aromatic rings. The molecule has 1 unspecified atom stereocenters. The summed E-state index contributed by atoms with van der Waals surface area (Å²) in [5.41, 5.74) is 7.51. The fourth-order valence-corrected chi connectivity index (χ4v) is 2.99. The lowest BCUT2D eigenvalue weighted by atomic mass is 9.95. The molecule has 0 aromatic heterocycles. The van der Waals surface area contributed by atoms with Crippen LogP contribution in [0.3, 0.4) is 0 Å². The highest BCUT2D eigenvalue weighted by Gasteiger charge is 2.34. The maximum atomic E-state index is 11.9. The van der Waals surface area contributed by atoms with Crippen molar-refractivity contribution in [1.29, 1.82) is 0 Å². The molecule has 1 amide bonds. The zero-order valence-corrected chi connectivity index (χ0v) is 12.6. The summed E-state index contributed by atoms with van der Waals surface area (Å²) >= 11 is 0. The van der Waals surface area contributed by atoms with Crippen LogP contribution in [0.2, 0.25) is 0 Å². The van der Waals surface area contributed by atoms with Gasteiger partial charge in [0, 0.05) is 24.8 Å². The second-order valence-electron chi connectivity index (χ2n) is 6.15. The first-order valence-electron chi connectivity index (χ1n) is 7.33. The minimum Gasteiger partial charge on any atom is -0.369 e. The van der Waals surface area contributed by atoms with Crippen LogP contribution >= 0.6 is 0 Å². The molecular weight excluding hydrogens is 250 g/mol.